The molecular weight excluding hydrogens is 396 g/mol. The quantitative estimate of drug-likeness (QED) is 0.394. The van der Waals surface area contributed by atoms with Crippen LogP contribution in [0.3, 0.4) is 0 Å². The van der Waals surface area contributed by atoms with Crippen molar-refractivity contribution < 1.29 is 14.3 Å². The van der Waals surface area contributed by atoms with Crippen LogP contribution >= 0.6 is 11.8 Å². The van der Waals surface area contributed by atoms with E-state index in [0.717, 1.165) is 5.75 Å². The second kappa shape index (κ2) is 11.1. The van der Waals surface area contributed by atoms with E-state index in [9.17, 15) is 9.59 Å². The molecule has 2 N–H and O–H groups in total. The van der Waals surface area contributed by atoms with E-state index in [-0.39, 0.29) is 18.4 Å². The summed E-state index contributed by atoms with van der Waals surface area (Å²) in [6.07, 6.45) is 0. The first-order chi connectivity index (χ1) is 14.6. The van der Waals surface area contributed by atoms with Crippen molar-refractivity contribution in [2.24, 2.45) is 0 Å². The van der Waals surface area contributed by atoms with E-state index in [1.54, 1.807) is 48.2 Å². The number of carbonyl (C=O) groups excluding carboxylic acids is 2. The van der Waals surface area contributed by atoms with E-state index in [4.69, 9.17) is 4.74 Å². The Morgan fingerprint density at radius 1 is 0.900 bits per heavy atom. The zero-order valence-electron chi connectivity index (χ0n) is 16.8. The minimum Gasteiger partial charge on any atom is -0.484 e. The first-order valence-electron chi connectivity index (χ1n) is 9.65. The number of hydrogen-bond donors (Lipinski definition) is 2. The van der Waals surface area contributed by atoms with E-state index in [1.165, 1.54) is 10.5 Å². The number of benzene rings is 3. The van der Waals surface area contributed by atoms with Crippen LogP contribution in [0.1, 0.15) is 15.9 Å². The third kappa shape index (κ3) is 6.97. The van der Waals surface area contributed by atoms with Crippen molar-refractivity contribution in [3.8, 4) is 5.75 Å². The number of ether oxygens (including phenoxy) is 1. The van der Waals surface area contributed by atoms with Crippen molar-refractivity contribution in [3.63, 3.8) is 0 Å². The van der Waals surface area contributed by atoms with Gasteiger partial charge in [0.05, 0.1) is 0 Å². The fourth-order valence-electron chi connectivity index (χ4n) is 2.62. The van der Waals surface area contributed by atoms with E-state index < -0.39 is 0 Å². The summed E-state index contributed by atoms with van der Waals surface area (Å²) in [5, 5.41) is 5.67. The van der Waals surface area contributed by atoms with Crippen LogP contribution in [0.15, 0.2) is 83.8 Å². The van der Waals surface area contributed by atoms with Gasteiger partial charge in [-0.05, 0) is 55.5 Å². The molecule has 30 heavy (non-hydrogen) atoms. The van der Waals surface area contributed by atoms with Gasteiger partial charge in [0.2, 0.25) is 0 Å². The van der Waals surface area contributed by atoms with Gasteiger partial charge in [0.1, 0.15) is 5.75 Å². The lowest BCUT2D eigenvalue weighted by atomic mass is 10.2. The molecule has 154 valence electrons. The van der Waals surface area contributed by atoms with Gasteiger partial charge in [-0.15, -0.1) is 11.8 Å². The Labute approximate surface area is 180 Å². The van der Waals surface area contributed by atoms with Gasteiger partial charge in [-0.1, -0.05) is 35.9 Å². The number of rotatable bonds is 9. The topological polar surface area (TPSA) is 67.4 Å². The molecule has 0 unspecified atom stereocenters. The van der Waals surface area contributed by atoms with Crippen molar-refractivity contribution in [2.75, 3.05) is 24.2 Å². The maximum Gasteiger partial charge on any atom is 0.257 e. The van der Waals surface area contributed by atoms with Gasteiger partial charge in [-0.2, -0.15) is 0 Å². The zero-order valence-corrected chi connectivity index (χ0v) is 17.6. The first-order valence-corrected chi connectivity index (χ1v) is 10.6. The normalized spacial score (nSPS) is 10.3. The van der Waals surface area contributed by atoms with Gasteiger partial charge in [0, 0.05) is 28.4 Å². The summed E-state index contributed by atoms with van der Waals surface area (Å²) in [7, 11) is 0. The number of amides is 2. The van der Waals surface area contributed by atoms with Crippen molar-refractivity contribution in [1.29, 1.82) is 0 Å². The molecule has 3 aromatic carbocycles. The summed E-state index contributed by atoms with van der Waals surface area (Å²) in [5.74, 6) is 1.02. The van der Waals surface area contributed by atoms with Crippen LogP contribution in [-0.2, 0) is 4.79 Å². The Morgan fingerprint density at radius 3 is 2.30 bits per heavy atom. The summed E-state index contributed by atoms with van der Waals surface area (Å²) < 4.78 is 5.51. The van der Waals surface area contributed by atoms with E-state index >= 15 is 0 Å². The van der Waals surface area contributed by atoms with Crippen LogP contribution in [0.5, 0.6) is 5.75 Å². The second-order valence-corrected chi connectivity index (χ2v) is 7.81. The Bertz CT molecular complexity index is 958. The van der Waals surface area contributed by atoms with Crippen LogP contribution in [0.4, 0.5) is 5.69 Å². The highest BCUT2D eigenvalue weighted by atomic mass is 32.2. The summed E-state index contributed by atoms with van der Waals surface area (Å²) in [4.78, 5) is 25.3. The van der Waals surface area contributed by atoms with Gasteiger partial charge in [-0.25, -0.2) is 0 Å². The van der Waals surface area contributed by atoms with Crippen LogP contribution in [0, 0.1) is 6.92 Å². The molecule has 0 bridgehead atoms. The highest BCUT2D eigenvalue weighted by Gasteiger charge is 2.06. The Kier molecular flexibility index (Phi) is 7.92. The smallest absolute Gasteiger partial charge is 0.257 e. The summed E-state index contributed by atoms with van der Waals surface area (Å²) in [6.45, 7) is 2.58. The minimum absolute atomic E-state index is 0.0507. The summed E-state index contributed by atoms with van der Waals surface area (Å²) in [6, 6.07) is 24.3. The standard InChI is InChI=1S/C24H24N2O3S/c1-18-7-13-22(14-8-18)30-16-15-25-23(27)17-29-21-11-9-20(10-12-21)26-24(28)19-5-3-2-4-6-19/h2-14H,15-17H2,1H3,(H,25,27)(H,26,28). The van der Waals surface area contributed by atoms with Gasteiger partial charge >= 0.3 is 0 Å². The van der Waals surface area contributed by atoms with Crippen LogP contribution in [0.25, 0.3) is 0 Å². The monoisotopic (exact) mass is 420 g/mol. The average molecular weight is 421 g/mol. The molecule has 6 heteroatoms. The van der Waals surface area contributed by atoms with Crippen molar-refractivity contribution in [1.82, 2.24) is 5.32 Å². The number of thioether (sulfide) groups is 1. The molecule has 0 saturated heterocycles. The Hall–Kier alpha value is -3.25. The fourth-order valence-corrected chi connectivity index (χ4v) is 3.39. The minimum atomic E-state index is -0.174. The molecule has 0 radical (unpaired) electrons. The van der Waals surface area contributed by atoms with Crippen LogP contribution < -0.4 is 15.4 Å². The Balaban J connectivity index is 1.35. The number of carbonyl (C=O) groups is 2. The van der Waals surface area contributed by atoms with E-state index in [2.05, 4.69) is 41.8 Å². The summed E-state index contributed by atoms with van der Waals surface area (Å²) in [5.41, 5.74) is 2.49. The highest BCUT2D eigenvalue weighted by Crippen LogP contribution is 2.18. The lowest BCUT2D eigenvalue weighted by Crippen LogP contribution is -2.30. The predicted molar refractivity (Wildman–Crippen MR) is 121 cm³/mol. The third-order valence-corrected chi connectivity index (χ3v) is 5.25. The lowest BCUT2D eigenvalue weighted by molar-refractivity contribution is -0.122. The van der Waals surface area contributed by atoms with Crippen LogP contribution in [0.2, 0.25) is 0 Å². The molecular formula is C24H24N2O3S. The molecule has 0 atom stereocenters. The number of anilines is 1. The molecule has 0 aromatic heterocycles. The SMILES string of the molecule is Cc1ccc(SCCNC(=O)COc2ccc(NC(=O)c3ccccc3)cc2)cc1. The van der Waals surface area contributed by atoms with Crippen molar-refractivity contribution in [2.45, 2.75) is 11.8 Å². The molecule has 0 aliphatic carbocycles. The maximum atomic E-state index is 12.1. The average Bonchev–Trinajstić information content (AvgIpc) is 2.78. The second-order valence-electron chi connectivity index (χ2n) is 6.64. The highest BCUT2D eigenvalue weighted by molar-refractivity contribution is 7.99. The number of nitrogens with one attached hydrogen (secondary N) is 2. The number of aryl methyl sites for hydroxylation is 1. The van der Waals surface area contributed by atoms with Crippen LogP contribution in [-0.4, -0.2) is 30.7 Å². The van der Waals surface area contributed by atoms with E-state index in [0.29, 0.717) is 23.5 Å². The zero-order chi connectivity index (χ0) is 21.2. The molecule has 0 fully saturated rings. The van der Waals surface area contributed by atoms with Gasteiger partial charge in [0.15, 0.2) is 6.61 Å². The van der Waals surface area contributed by atoms with Gasteiger partial charge in [-0.3, -0.25) is 9.59 Å². The third-order valence-electron chi connectivity index (χ3n) is 4.23. The summed E-state index contributed by atoms with van der Waals surface area (Å²) >= 11 is 1.70. The molecule has 3 rings (SSSR count). The molecule has 2 amide bonds. The molecule has 3 aromatic rings. The Morgan fingerprint density at radius 2 is 1.60 bits per heavy atom. The van der Waals surface area contributed by atoms with Gasteiger partial charge < -0.3 is 15.4 Å². The first kappa shape index (κ1) is 21.5. The van der Waals surface area contributed by atoms with E-state index in [1.807, 2.05) is 18.2 Å². The molecule has 0 spiro atoms. The van der Waals surface area contributed by atoms with Crippen molar-refractivity contribution >= 4 is 29.3 Å². The molecule has 5 nitrogen and oxygen atoms in total. The molecule has 0 saturated carbocycles. The largest absolute Gasteiger partial charge is 0.484 e. The van der Waals surface area contributed by atoms with Gasteiger partial charge in [0.25, 0.3) is 11.8 Å². The number of hydrogen-bond acceptors (Lipinski definition) is 4. The maximum absolute atomic E-state index is 12.1. The molecule has 0 aliphatic heterocycles. The molecule has 0 heterocycles. The predicted octanol–water partition coefficient (Wildman–Crippen LogP) is 4.53. The lowest BCUT2D eigenvalue weighted by Gasteiger charge is -2.09. The van der Waals surface area contributed by atoms with Crippen molar-refractivity contribution in [3.05, 3.63) is 90.0 Å². The fraction of sp³-hybridized carbons (Fsp3) is 0.167. The molecule has 0 aliphatic rings.